The molecule has 1 aliphatic carbocycles. The number of hydrogen-bond acceptors (Lipinski definition) is 5. The van der Waals surface area contributed by atoms with E-state index in [4.69, 9.17) is 15.1 Å². The van der Waals surface area contributed by atoms with Crippen LogP contribution in [-0.2, 0) is 19.3 Å². The molecule has 6 rings (SSSR count). The van der Waals surface area contributed by atoms with Crippen molar-refractivity contribution in [2.75, 3.05) is 13.1 Å². The molecule has 1 unspecified atom stereocenters. The Morgan fingerprint density at radius 2 is 2.13 bits per heavy atom. The molecule has 0 bridgehead atoms. The highest BCUT2D eigenvalue weighted by Crippen LogP contribution is 2.36. The lowest BCUT2D eigenvalue weighted by Crippen LogP contribution is -3.13. The number of quaternary nitrogens is 1. The van der Waals surface area contributed by atoms with Gasteiger partial charge in [0.25, 0.3) is 0 Å². The number of pyridine rings is 1. The summed E-state index contributed by atoms with van der Waals surface area (Å²) in [5, 5.41) is 6.05. The predicted molar refractivity (Wildman–Crippen MR) is 118 cm³/mol. The van der Waals surface area contributed by atoms with Gasteiger partial charge in [-0.05, 0) is 50.2 Å². The van der Waals surface area contributed by atoms with E-state index in [9.17, 15) is 0 Å². The third-order valence-electron chi connectivity index (χ3n) is 6.83. The molecule has 7 heteroatoms. The smallest absolute Gasteiger partial charge is 0.167 e. The lowest BCUT2D eigenvalue weighted by atomic mass is 9.96. The fourth-order valence-electron chi connectivity index (χ4n) is 5.34. The highest BCUT2D eigenvalue weighted by molar-refractivity contribution is 7.19. The predicted octanol–water partition coefficient (Wildman–Crippen LogP) is 2.97. The first-order chi connectivity index (χ1) is 14.9. The molecule has 0 amide bonds. The summed E-state index contributed by atoms with van der Waals surface area (Å²) in [6.07, 6.45) is 15.4. The Balaban J connectivity index is 1.27. The normalized spacial score (nSPS) is 21.9. The third kappa shape index (κ3) is 3.20. The minimum Gasteiger partial charge on any atom is -0.328 e. The number of aryl methyl sites for hydroxylation is 2. The molecule has 1 saturated heterocycles. The zero-order valence-corrected chi connectivity index (χ0v) is 18.0. The molecule has 0 spiro atoms. The van der Waals surface area contributed by atoms with Crippen molar-refractivity contribution in [3.05, 3.63) is 52.7 Å². The molecule has 5 heterocycles. The zero-order chi connectivity index (χ0) is 19.9. The van der Waals surface area contributed by atoms with Crippen LogP contribution in [0.2, 0.25) is 0 Å². The van der Waals surface area contributed by atoms with E-state index in [1.54, 1.807) is 4.90 Å². The summed E-state index contributed by atoms with van der Waals surface area (Å²) in [4.78, 5) is 18.3. The van der Waals surface area contributed by atoms with Gasteiger partial charge in [-0.25, -0.2) is 14.5 Å². The first-order valence-corrected chi connectivity index (χ1v) is 12.1. The van der Waals surface area contributed by atoms with Gasteiger partial charge < -0.3 is 4.90 Å². The van der Waals surface area contributed by atoms with E-state index >= 15 is 0 Å². The molecular weight excluding hydrogens is 392 g/mol. The van der Waals surface area contributed by atoms with Crippen LogP contribution in [0.4, 0.5) is 0 Å². The van der Waals surface area contributed by atoms with Crippen LogP contribution < -0.4 is 4.90 Å². The van der Waals surface area contributed by atoms with E-state index < -0.39 is 0 Å². The van der Waals surface area contributed by atoms with Crippen LogP contribution in [0.5, 0.6) is 0 Å². The van der Waals surface area contributed by atoms with Crippen LogP contribution in [0.3, 0.4) is 0 Å². The molecule has 154 valence electrons. The number of rotatable bonds is 4. The Morgan fingerprint density at radius 1 is 1.17 bits per heavy atom. The Morgan fingerprint density at radius 3 is 3.07 bits per heavy atom. The fraction of sp³-hybridized carbons (Fsp3) is 0.478. The maximum Gasteiger partial charge on any atom is 0.167 e. The summed E-state index contributed by atoms with van der Waals surface area (Å²) in [5.41, 5.74) is 3.86. The average molecular weight is 420 g/mol. The highest BCUT2D eigenvalue weighted by Gasteiger charge is 2.28. The van der Waals surface area contributed by atoms with E-state index in [-0.39, 0.29) is 0 Å². The average Bonchev–Trinajstić information content (AvgIpc) is 3.39. The van der Waals surface area contributed by atoms with Crippen LogP contribution in [0.25, 0.3) is 15.9 Å². The number of thiophene rings is 1. The van der Waals surface area contributed by atoms with E-state index in [2.05, 4.69) is 17.1 Å². The van der Waals surface area contributed by atoms with Crippen molar-refractivity contribution in [2.45, 2.75) is 57.4 Å². The molecule has 30 heavy (non-hydrogen) atoms. The number of piperidine rings is 1. The molecule has 6 nitrogen and oxygen atoms in total. The molecule has 2 aliphatic rings. The van der Waals surface area contributed by atoms with E-state index in [0.29, 0.717) is 6.04 Å². The van der Waals surface area contributed by atoms with Gasteiger partial charge in [0.05, 0.1) is 24.9 Å². The van der Waals surface area contributed by atoms with E-state index in [0.717, 1.165) is 35.7 Å². The zero-order valence-electron chi connectivity index (χ0n) is 17.2. The second-order valence-electron chi connectivity index (χ2n) is 8.67. The van der Waals surface area contributed by atoms with Crippen LogP contribution in [0.1, 0.15) is 60.0 Å². The Bertz CT molecular complexity index is 1180. The van der Waals surface area contributed by atoms with Gasteiger partial charge in [-0.15, -0.1) is 16.4 Å². The van der Waals surface area contributed by atoms with Gasteiger partial charge in [0.2, 0.25) is 0 Å². The summed E-state index contributed by atoms with van der Waals surface area (Å²) in [6, 6.07) is 4.83. The molecule has 1 aliphatic heterocycles. The number of aromatic nitrogens is 5. The quantitative estimate of drug-likeness (QED) is 0.553. The van der Waals surface area contributed by atoms with E-state index in [1.807, 2.05) is 34.6 Å². The Hall–Kier alpha value is -2.38. The second kappa shape index (κ2) is 7.71. The van der Waals surface area contributed by atoms with E-state index in [1.165, 1.54) is 66.5 Å². The summed E-state index contributed by atoms with van der Waals surface area (Å²) >= 11 is 1.86. The van der Waals surface area contributed by atoms with Crippen LogP contribution in [-0.4, -0.2) is 37.7 Å². The van der Waals surface area contributed by atoms with Crippen molar-refractivity contribution < 1.29 is 4.90 Å². The minimum absolute atomic E-state index is 0.543. The third-order valence-corrected chi connectivity index (χ3v) is 8.03. The standard InChI is InChI=1S/C23H26N6S/c1-2-9-19-17(7-1)21-22-26-20(27-29(22)15-25-23(21)30-19)10-13-28-12-4-3-8-18(28)16-6-5-11-24-14-16/h5-6,11,14-15,18H,1-4,7-10,12-13H2/p+1/t18-/m1/s1. The molecule has 1 N–H and O–H groups in total. The molecule has 2 atom stereocenters. The first kappa shape index (κ1) is 18.4. The first-order valence-electron chi connectivity index (χ1n) is 11.3. The minimum atomic E-state index is 0.543. The highest BCUT2D eigenvalue weighted by atomic mass is 32.1. The SMILES string of the molecule is c1cncc([C@H]2CCCC[NH+]2CCc2nc3c4c5c(sc4ncn3n2)CCCC5)c1. The molecule has 1 fully saturated rings. The van der Waals surface area contributed by atoms with Gasteiger partial charge in [0, 0.05) is 29.3 Å². The monoisotopic (exact) mass is 419 g/mol. The number of hydrogen-bond donors (Lipinski definition) is 1. The van der Waals surface area contributed by atoms with Gasteiger partial charge in [0.1, 0.15) is 17.2 Å². The maximum atomic E-state index is 5.00. The largest absolute Gasteiger partial charge is 0.328 e. The number of fused-ring (bicyclic) bond motifs is 5. The summed E-state index contributed by atoms with van der Waals surface area (Å²) < 4.78 is 1.91. The molecule has 4 aromatic rings. The molecule has 0 saturated carbocycles. The maximum absolute atomic E-state index is 5.00. The fourth-order valence-corrected chi connectivity index (χ4v) is 6.56. The Labute approximate surface area is 180 Å². The molecular formula is C23H27N6S+. The molecule has 4 aromatic heterocycles. The summed E-state index contributed by atoms with van der Waals surface area (Å²) in [5.74, 6) is 0.947. The van der Waals surface area contributed by atoms with Crippen LogP contribution >= 0.6 is 11.3 Å². The lowest BCUT2D eigenvalue weighted by molar-refractivity contribution is -0.937. The van der Waals surface area contributed by atoms with Crippen LogP contribution in [0, 0.1) is 0 Å². The van der Waals surface area contributed by atoms with Crippen molar-refractivity contribution in [3.8, 4) is 0 Å². The van der Waals surface area contributed by atoms with Crippen molar-refractivity contribution in [1.29, 1.82) is 0 Å². The molecule has 0 radical (unpaired) electrons. The van der Waals surface area contributed by atoms with Gasteiger partial charge in [-0.1, -0.05) is 6.07 Å². The number of nitrogens with one attached hydrogen (secondary N) is 1. The summed E-state index contributed by atoms with van der Waals surface area (Å²) in [7, 11) is 0. The molecule has 0 aromatic carbocycles. The number of likely N-dealkylation sites (tertiary alicyclic amines) is 1. The topological polar surface area (TPSA) is 60.4 Å². The van der Waals surface area contributed by atoms with Gasteiger partial charge in [-0.2, -0.15) is 0 Å². The summed E-state index contributed by atoms with van der Waals surface area (Å²) in [6.45, 7) is 2.28. The Kier molecular flexibility index (Phi) is 4.72. The van der Waals surface area contributed by atoms with Crippen molar-refractivity contribution in [1.82, 2.24) is 24.6 Å². The van der Waals surface area contributed by atoms with Crippen molar-refractivity contribution in [2.24, 2.45) is 0 Å². The van der Waals surface area contributed by atoms with Crippen LogP contribution in [0.15, 0.2) is 30.9 Å². The van der Waals surface area contributed by atoms with Crippen molar-refractivity contribution >= 4 is 27.2 Å². The lowest BCUT2D eigenvalue weighted by Gasteiger charge is -2.32. The van der Waals surface area contributed by atoms with Gasteiger partial charge >= 0.3 is 0 Å². The second-order valence-corrected chi connectivity index (χ2v) is 9.76. The van der Waals surface area contributed by atoms with Gasteiger partial charge in [0.15, 0.2) is 11.5 Å². The number of nitrogens with zero attached hydrogens (tertiary/aromatic N) is 5. The van der Waals surface area contributed by atoms with Crippen molar-refractivity contribution in [3.63, 3.8) is 0 Å². The van der Waals surface area contributed by atoms with Gasteiger partial charge in [-0.3, -0.25) is 4.98 Å².